The lowest BCUT2D eigenvalue weighted by Crippen LogP contribution is -2.44. The Labute approximate surface area is 213 Å². The minimum Gasteiger partial charge on any atom is -0.345 e. The zero-order valence-corrected chi connectivity index (χ0v) is 22.0. The molecule has 3 aromatic rings. The highest BCUT2D eigenvalue weighted by Crippen LogP contribution is 2.26. The van der Waals surface area contributed by atoms with Crippen LogP contribution in [0.5, 0.6) is 0 Å². The van der Waals surface area contributed by atoms with Crippen LogP contribution in [0.1, 0.15) is 40.0 Å². The Balaban J connectivity index is 1.84. The summed E-state index contributed by atoms with van der Waals surface area (Å²) in [4.78, 5) is 26.1. The minimum absolute atomic E-state index is 0.243. The molecular formula is C27H32N4O4S. The van der Waals surface area contributed by atoms with Crippen molar-refractivity contribution in [3.63, 3.8) is 0 Å². The molecule has 0 aliphatic heterocycles. The average Bonchev–Trinajstić information content (AvgIpc) is 2.84. The number of nitrogens with zero attached hydrogens (tertiary/aromatic N) is 2. The number of aryl methyl sites for hydroxylation is 2. The number of amides is 2. The van der Waals surface area contributed by atoms with E-state index < -0.39 is 22.7 Å². The summed E-state index contributed by atoms with van der Waals surface area (Å²) in [5, 5.41) is 5.67. The lowest BCUT2D eigenvalue weighted by Gasteiger charge is -2.28. The van der Waals surface area contributed by atoms with Crippen molar-refractivity contribution in [2.45, 2.75) is 26.8 Å². The van der Waals surface area contributed by atoms with E-state index in [1.807, 2.05) is 56.3 Å². The fourth-order valence-corrected chi connectivity index (χ4v) is 4.81. The van der Waals surface area contributed by atoms with Crippen molar-refractivity contribution < 1.29 is 18.0 Å². The van der Waals surface area contributed by atoms with Crippen LogP contribution in [0.25, 0.3) is 0 Å². The molecule has 2 N–H and O–H groups in total. The van der Waals surface area contributed by atoms with Crippen LogP contribution in [-0.2, 0) is 15.0 Å². The van der Waals surface area contributed by atoms with E-state index in [-0.39, 0.29) is 17.5 Å². The van der Waals surface area contributed by atoms with Crippen LogP contribution in [-0.4, -0.2) is 45.2 Å². The third kappa shape index (κ3) is 6.30. The standard InChI is InChI=1S/C27H32N4O4S/c1-19-15-16-20(2)25(17-19)31(36(34,35)30(4)5)18-26(32)29-24-14-10-9-13-23(24)27(33)28-21(3)22-11-7-6-8-12-22/h6-17,21H,18H2,1-5H3,(H,28,33)(H,29,32)/t21-/m1/s1. The molecule has 0 aromatic heterocycles. The molecule has 0 fully saturated rings. The van der Waals surface area contributed by atoms with Crippen molar-refractivity contribution in [2.75, 3.05) is 30.3 Å². The molecule has 0 aliphatic carbocycles. The molecule has 0 unspecified atom stereocenters. The molecule has 3 aromatic carbocycles. The SMILES string of the molecule is Cc1ccc(C)c(N(CC(=O)Nc2ccccc2C(=O)N[C@H](C)c2ccccc2)S(=O)(=O)N(C)C)c1. The molecule has 1 atom stereocenters. The Bertz CT molecular complexity index is 1340. The lowest BCUT2D eigenvalue weighted by molar-refractivity contribution is -0.114. The normalized spacial score (nSPS) is 12.2. The molecule has 2 amide bonds. The Morgan fingerprint density at radius 2 is 1.56 bits per heavy atom. The van der Waals surface area contributed by atoms with Crippen LogP contribution in [0.15, 0.2) is 72.8 Å². The third-order valence-electron chi connectivity index (χ3n) is 5.75. The first-order chi connectivity index (χ1) is 17.0. The van der Waals surface area contributed by atoms with E-state index in [1.54, 1.807) is 37.3 Å². The van der Waals surface area contributed by atoms with E-state index in [2.05, 4.69) is 10.6 Å². The highest BCUT2D eigenvalue weighted by Gasteiger charge is 2.29. The molecule has 0 spiro atoms. The van der Waals surface area contributed by atoms with Gasteiger partial charge in [0.1, 0.15) is 6.54 Å². The van der Waals surface area contributed by atoms with Crippen LogP contribution in [0, 0.1) is 13.8 Å². The van der Waals surface area contributed by atoms with Crippen LogP contribution < -0.4 is 14.9 Å². The molecule has 0 aliphatic rings. The van der Waals surface area contributed by atoms with Gasteiger partial charge >= 0.3 is 10.2 Å². The van der Waals surface area contributed by atoms with Gasteiger partial charge < -0.3 is 10.6 Å². The van der Waals surface area contributed by atoms with Crippen molar-refractivity contribution in [3.05, 3.63) is 95.1 Å². The third-order valence-corrected chi connectivity index (χ3v) is 7.56. The number of para-hydroxylation sites is 1. The minimum atomic E-state index is -3.97. The fraction of sp³-hybridized carbons (Fsp3) is 0.259. The molecule has 0 heterocycles. The number of carbonyl (C=O) groups excluding carboxylic acids is 2. The first kappa shape index (κ1) is 26.9. The van der Waals surface area contributed by atoms with E-state index in [9.17, 15) is 18.0 Å². The summed E-state index contributed by atoms with van der Waals surface area (Å²) in [6, 6.07) is 21.4. The van der Waals surface area contributed by atoms with E-state index in [0.717, 1.165) is 19.7 Å². The molecule has 0 saturated heterocycles. The van der Waals surface area contributed by atoms with E-state index in [0.29, 0.717) is 16.9 Å². The quantitative estimate of drug-likeness (QED) is 0.456. The van der Waals surface area contributed by atoms with Gasteiger partial charge in [0.25, 0.3) is 5.91 Å². The summed E-state index contributed by atoms with van der Waals surface area (Å²) in [6.45, 7) is 5.07. The van der Waals surface area contributed by atoms with Crippen molar-refractivity contribution in [3.8, 4) is 0 Å². The van der Waals surface area contributed by atoms with Crippen molar-refractivity contribution in [1.82, 2.24) is 9.62 Å². The van der Waals surface area contributed by atoms with Crippen LogP contribution in [0.4, 0.5) is 11.4 Å². The number of carbonyl (C=O) groups is 2. The summed E-state index contributed by atoms with van der Waals surface area (Å²) < 4.78 is 28.4. The van der Waals surface area contributed by atoms with Gasteiger partial charge in [0.2, 0.25) is 5.91 Å². The molecule has 0 radical (unpaired) electrons. The van der Waals surface area contributed by atoms with Gasteiger partial charge in [-0.2, -0.15) is 12.7 Å². The monoisotopic (exact) mass is 508 g/mol. The van der Waals surface area contributed by atoms with Crippen molar-refractivity contribution in [1.29, 1.82) is 0 Å². The van der Waals surface area contributed by atoms with Gasteiger partial charge in [0, 0.05) is 14.1 Å². The molecule has 3 rings (SSSR count). The molecule has 36 heavy (non-hydrogen) atoms. The number of hydrogen-bond acceptors (Lipinski definition) is 4. The molecular weight excluding hydrogens is 476 g/mol. The van der Waals surface area contributed by atoms with E-state index >= 15 is 0 Å². The highest BCUT2D eigenvalue weighted by molar-refractivity contribution is 7.90. The molecule has 0 bridgehead atoms. The first-order valence-electron chi connectivity index (χ1n) is 11.5. The van der Waals surface area contributed by atoms with Crippen LogP contribution in [0.3, 0.4) is 0 Å². The van der Waals surface area contributed by atoms with E-state index in [1.165, 1.54) is 14.1 Å². The maximum atomic E-state index is 13.1. The number of rotatable bonds is 9. The Kier molecular flexibility index (Phi) is 8.49. The van der Waals surface area contributed by atoms with Gasteiger partial charge in [-0.3, -0.25) is 9.59 Å². The molecule has 8 nitrogen and oxygen atoms in total. The lowest BCUT2D eigenvalue weighted by atomic mass is 10.1. The first-order valence-corrected chi connectivity index (χ1v) is 12.9. The fourth-order valence-electron chi connectivity index (χ4n) is 3.69. The second-order valence-electron chi connectivity index (χ2n) is 8.79. The summed E-state index contributed by atoms with van der Waals surface area (Å²) in [5.41, 5.74) is 3.52. The van der Waals surface area contributed by atoms with Crippen molar-refractivity contribution >= 4 is 33.4 Å². The maximum absolute atomic E-state index is 13.1. The topological polar surface area (TPSA) is 98.8 Å². The predicted molar refractivity (Wildman–Crippen MR) is 143 cm³/mol. The molecule has 190 valence electrons. The maximum Gasteiger partial charge on any atom is 0.304 e. The summed E-state index contributed by atoms with van der Waals surface area (Å²) >= 11 is 0. The smallest absolute Gasteiger partial charge is 0.304 e. The number of anilines is 2. The highest BCUT2D eigenvalue weighted by atomic mass is 32.2. The van der Waals surface area contributed by atoms with Crippen molar-refractivity contribution in [2.24, 2.45) is 0 Å². The summed E-state index contributed by atoms with van der Waals surface area (Å²) in [6.07, 6.45) is 0. The van der Waals surface area contributed by atoms with Gasteiger partial charge in [-0.25, -0.2) is 4.31 Å². The second kappa shape index (κ2) is 11.4. The summed E-state index contributed by atoms with van der Waals surface area (Å²) in [5.74, 6) is -0.924. The van der Waals surface area contributed by atoms with Crippen LogP contribution >= 0.6 is 0 Å². The van der Waals surface area contributed by atoms with Gasteiger partial charge in [-0.15, -0.1) is 0 Å². The van der Waals surface area contributed by atoms with Gasteiger partial charge in [0.05, 0.1) is 23.0 Å². The Morgan fingerprint density at radius 3 is 2.22 bits per heavy atom. The van der Waals surface area contributed by atoms with E-state index in [4.69, 9.17) is 0 Å². The molecule has 0 saturated carbocycles. The average molecular weight is 509 g/mol. The predicted octanol–water partition coefficient (Wildman–Crippen LogP) is 4.05. The zero-order valence-electron chi connectivity index (χ0n) is 21.1. The Hall–Kier alpha value is -3.69. The Morgan fingerprint density at radius 1 is 0.917 bits per heavy atom. The number of benzene rings is 3. The molecule has 9 heteroatoms. The van der Waals surface area contributed by atoms with Gasteiger partial charge in [-0.05, 0) is 55.7 Å². The number of nitrogens with one attached hydrogen (secondary N) is 2. The number of hydrogen-bond donors (Lipinski definition) is 2. The van der Waals surface area contributed by atoms with Crippen LogP contribution in [0.2, 0.25) is 0 Å². The van der Waals surface area contributed by atoms with Gasteiger partial charge in [0.15, 0.2) is 0 Å². The second-order valence-corrected chi connectivity index (χ2v) is 10.9. The summed E-state index contributed by atoms with van der Waals surface area (Å²) in [7, 11) is -1.13. The van der Waals surface area contributed by atoms with Gasteiger partial charge in [-0.1, -0.05) is 54.6 Å². The largest absolute Gasteiger partial charge is 0.345 e. The zero-order chi connectivity index (χ0) is 26.5.